The van der Waals surface area contributed by atoms with Crippen LogP contribution in [0.3, 0.4) is 0 Å². The summed E-state index contributed by atoms with van der Waals surface area (Å²) in [6, 6.07) is 8.53. The van der Waals surface area contributed by atoms with Crippen LogP contribution in [0.15, 0.2) is 24.3 Å². The number of rotatable bonds is 4. The average Bonchev–Trinajstić information content (AvgIpc) is 2.90. The molecule has 1 atom stereocenters. The Labute approximate surface area is 147 Å². The fourth-order valence-electron chi connectivity index (χ4n) is 3.30. The summed E-state index contributed by atoms with van der Waals surface area (Å²) < 4.78 is 0. The van der Waals surface area contributed by atoms with E-state index in [4.69, 9.17) is 0 Å². The fourth-order valence-corrected chi connectivity index (χ4v) is 3.30. The standard InChI is InChI=1S/C21H34N2O/c1-20(2,3)13-11-16-9-7-8-10-18(16)19(24)23-14-12-17(15-23)22-21(4,5)6/h7-10,17,22H,11-15H2,1-6H3/t17-/m1/s1. The molecule has 1 amide bonds. The molecule has 1 heterocycles. The van der Waals surface area contributed by atoms with Crippen molar-refractivity contribution in [3.63, 3.8) is 0 Å². The van der Waals surface area contributed by atoms with Gasteiger partial charge in [-0.2, -0.15) is 0 Å². The lowest BCUT2D eigenvalue weighted by atomic mass is 9.87. The Bertz CT molecular complexity index is 566. The monoisotopic (exact) mass is 330 g/mol. The molecule has 134 valence electrons. The highest BCUT2D eigenvalue weighted by atomic mass is 16.2. The van der Waals surface area contributed by atoms with Gasteiger partial charge in [-0.15, -0.1) is 0 Å². The van der Waals surface area contributed by atoms with E-state index < -0.39 is 0 Å². The molecule has 1 N–H and O–H groups in total. The van der Waals surface area contributed by atoms with Crippen LogP contribution >= 0.6 is 0 Å². The first-order chi connectivity index (χ1) is 11.1. The zero-order valence-corrected chi connectivity index (χ0v) is 16.3. The fraction of sp³-hybridized carbons (Fsp3) is 0.667. The maximum absolute atomic E-state index is 13.0. The summed E-state index contributed by atoms with van der Waals surface area (Å²) in [5.74, 6) is 0.192. The first-order valence-electron chi connectivity index (χ1n) is 9.20. The number of aryl methyl sites for hydroxylation is 1. The Kier molecular flexibility index (Phi) is 5.74. The third-order valence-electron chi connectivity index (χ3n) is 4.50. The number of benzene rings is 1. The molecule has 1 aliphatic rings. The van der Waals surface area contributed by atoms with Gasteiger partial charge in [0.1, 0.15) is 0 Å². The molecule has 0 spiro atoms. The number of nitrogens with one attached hydrogen (secondary N) is 1. The highest BCUT2D eigenvalue weighted by Crippen LogP contribution is 2.24. The van der Waals surface area contributed by atoms with Gasteiger partial charge in [-0.1, -0.05) is 39.0 Å². The molecule has 1 aromatic rings. The molecule has 3 heteroatoms. The summed E-state index contributed by atoms with van der Waals surface area (Å²) in [6.07, 6.45) is 3.08. The molecule has 1 aliphatic heterocycles. The number of hydrogen-bond donors (Lipinski definition) is 1. The maximum Gasteiger partial charge on any atom is 0.254 e. The summed E-state index contributed by atoms with van der Waals surface area (Å²) in [4.78, 5) is 15.0. The number of carbonyl (C=O) groups excluding carboxylic acids is 1. The van der Waals surface area contributed by atoms with E-state index in [1.165, 1.54) is 5.56 Å². The normalized spacial score (nSPS) is 18.9. The smallest absolute Gasteiger partial charge is 0.254 e. The minimum atomic E-state index is 0.0916. The largest absolute Gasteiger partial charge is 0.337 e. The zero-order chi connectivity index (χ0) is 18.0. The number of hydrogen-bond acceptors (Lipinski definition) is 2. The minimum absolute atomic E-state index is 0.0916. The SMILES string of the molecule is CC(C)(C)CCc1ccccc1C(=O)N1CC[C@@H](NC(C)(C)C)C1. The van der Waals surface area contributed by atoms with Crippen molar-refractivity contribution in [2.45, 2.75) is 72.4 Å². The molecule has 1 fully saturated rings. The first kappa shape index (κ1) is 19.0. The van der Waals surface area contributed by atoms with E-state index in [1.807, 2.05) is 23.1 Å². The number of carbonyl (C=O) groups is 1. The number of likely N-dealkylation sites (tertiary alicyclic amines) is 1. The molecule has 0 aromatic heterocycles. The van der Waals surface area contributed by atoms with Gasteiger partial charge in [0.05, 0.1) is 0 Å². The van der Waals surface area contributed by atoms with Crippen molar-refractivity contribution in [2.75, 3.05) is 13.1 Å². The van der Waals surface area contributed by atoms with Crippen LogP contribution in [0.5, 0.6) is 0 Å². The molecule has 1 saturated heterocycles. The Morgan fingerprint density at radius 2 is 1.83 bits per heavy atom. The van der Waals surface area contributed by atoms with Crippen LogP contribution in [0, 0.1) is 5.41 Å². The Morgan fingerprint density at radius 3 is 2.46 bits per heavy atom. The summed E-state index contributed by atoms with van der Waals surface area (Å²) in [5.41, 5.74) is 2.45. The second kappa shape index (κ2) is 7.26. The van der Waals surface area contributed by atoms with Crippen LogP contribution in [0.4, 0.5) is 0 Å². The molecular weight excluding hydrogens is 296 g/mol. The summed E-state index contributed by atoms with van der Waals surface area (Å²) >= 11 is 0. The molecule has 0 unspecified atom stereocenters. The molecule has 24 heavy (non-hydrogen) atoms. The van der Waals surface area contributed by atoms with E-state index >= 15 is 0 Å². The predicted molar refractivity (Wildman–Crippen MR) is 101 cm³/mol. The van der Waals surface area contributed by atoms with Crippen LogP contribution in [0.1, 0.15) is 70.3 Å². The van der Waals surface area contributed by atoms with E-state index in [0.717, 1.165) is 37.9 Å². The molecule has 0 bridgehead atoms. The van der Waals surface area contributed by atoms with Gasteiger partial charge in [0.25, 0.3) is 5.91 Å². The van der Waals surface area contributed by atoms with Gasteiger partial charge < -0.3 is 10.2 Å². The summed E-state index contributed by atoms with van der Waals surface area (Å²) in [7, 11) is 0. The van der Waals surface area contributed by atoms with E-state index in [0.29, 0.717) is 6.04 Å². The molecule has 0 radical (unpaired) electrons. The average molecular weight is 331 g/mol. The quantitative estimate of drug-likeness (QED) is 0.894. The highest BCUT2D eigenvalue weighted by molar-refractivity contribution is 5.95. The Balaban J connectivity index is 2.05. The lowest BCUT2D eigenvalue weighted by molar-refractivity contribution is 0.0786. The molecule has 3 nitrogen and oxygen atoms in total. The maximum atomic E-state index is 13.0. The number of amides is 1. The van der Waals surface area contributed by atoms with Crippen LogP contribution in [0.25, 0.3) is 0 Å². The minimum Gasteiger partial charge on any atom is -0.337 e. The van der Waals surface area contributed by atoms with Gasteiger partial charge in [-0.05, 0) is 57.1 Å². The molecule has 0 aliphatic carbocycles. The second-order valence-corrected chi connectivity index (χ2v) is 9.35. The second-order valence-electron chi connectivity index (χ2n) is 9.35. The van der Waals surface area contributed by atoms with Gasteiger partial charge in [0.2, 0.25) is 0 Å². The molecule has 0 saturated carbocycles. The van der Waals surface area contributed by atoms with Gasteiger partial charge in [0, 0.05) is 30.2 Å². The van der Waals surface area contributed by atoms with Gasteiger partial charge in [-0.3, -0.25) is 4.79 Å². The van der Waals surface area contributed by atoms with Crippen LogP contribution in [0.2, 0.25) is 0 Å². The third kappa shape index (κ3) is 5.62. The van der Waals surface area contributed by atoms with E-state index in [1.54, 1.807) is 0 Å². The summed E-state index contributed by atoms with van der Waals surface area (Å²) in [6.45, 7) is 14.9. The zero-order valence-electron chi connectivity index (χ0n) is 16.3. The third-order valence-corrected chi connectivity index (χ3v) is 4.50. The van der Waals surface area contributed by atoms with Gasteiger partial charge >= 0.3 is 0 Å². The van der Waals surface area contributed by atoms with Crippen molar-refractivity contribution in [1.82, 2.24) is 10.2 Å². The van der Waals surface area contributed by atoms with Crippen molar-refractivity contribution >= 4 is 5.91 Å². The van der Waals surface area contributed by atoms with Crippen molar-refractivity contribution in [3.05, 3.63) is 35.4 Å². The summed E-state index contributed by atoms with van der Waals surface area (Å²) in [5, 5.41) is 3.62. The molecule has 1 aromatic carbocycles. The van der Waals surface area contributed by atoms with Gasteiger partial charge in [0.15, 0.2) is 0 Å². The van der Waals surface area contributed by atoms with Gasteiger partial charge in [-0.25, -0.2) is 0 Å². The van der Waals surface area contributed by atoms with E-state index in [9.17, 15) is 4.79 Å². The lowest BCUT2D eigenvalue weighted by Crippen LogP contribution is -2.45. The number of nitrogens with zero attached hydrogens (tertiary/aromatic N) is 1. The highest BCUT2D eigenvalue weighted by Gasteiger charge is 2.30. The van der Waals surface area contributed by atoms with Crippen LogP contribution in [-0.4, -0.2) is 35.5 Å². The van der Waals surface area contributed by atoms with Crippen molar-refractivity contribution in [3.8, 4) is 0 Å². The van der Waals surface area contributed by atoms with Crippen LogP contribution < -0.4 is 5.32 Å². The lowest BCUT2D eigenvalue weighted by Gasteiger charge is -2.26. The molecular formula is C21H34N2O. The van der Waals surface area contributed by atoms with E-state index in [-0.39, 0.29) is 16.9 Å². The first-order valence-corrected chi connectivity index (χ1v) is 9.20. The van der Waals surface area contributed by atoms with Crippen molar-refractivity contribution < 1.29 is 4.79 Å². The van der Waals surface area contributed by atoms with Crippen molar-refractivity contribution in [1.29, 1.82) is 0 Å². The van der Waals surface area contributed by atoms with Crippen molar-refractivity contribution in [2.24, 2.45) is 5.41 Å². The Morgan fingerprint density at radius 1 is 1.17 bits per heavy atom. The van der Waals surface area contributed by atoms with Crippen LogP contribution in [-0.2, 0) is 6.42 Å². The Hall–Kier alpha value is -1.35. The van der Waals surface area contributed by atoms with E-state index in [2.05, 4.69) is 52.9 Å². The molecule has 2 rings (SSSR count). The predicted octanol–water partition coefficient (Wildman–Crippen LogP) is 4.27. The topological polar surface area (TPSA) is 32.3 Å².